The molecule has 1 saturated heterocycles. The Balaban J connectivity index is 1.58. The minimum atomic E-state index is -2.38. The first-order valence-corrected chi connectivity index (χ1v) is 11.7. The van der Waals surface area contributed by atoms with Crippen LogP contribution in [0.5, 0.6) is 11.5 Å². The molecule has 1 aliphatic carbocycles. The van der Waals surface area contributed by atoms with Gasteiger partial charge in [0.15, 0.2) is 11.5 Å². The number of benzene rings is 1. The van der Waals surface area contributed by atoms with Crippen molar-refractivity contribution in [2.75, 3.05) is 26.8 Å². The normalized spacial score (nSPS) is 27.6. The fourth-order valence-corrected chi connectivity index (χ4v) is 5.45. The summed E-state index contributed by atoms with van der Waals surface area (Å²) < 4.78 is 45.0. The van der Waals surface area contributed by atoms with Crippen molar-refractivity contribution in [3.8, 4) is 11.5 Å². The van der Waals surface area contributed by atoms with Crippen LogP contribution in [0.3, 0.4) is 0 Å². The second kappa shape index (κ2) is 8.43. The fourth-order valence-electron chi connectivity index (χ4n) is 4.71. The highest BCUT2D eigenvalue weighted by molar-refractivity contribution is 9.10. The molecule has 0 radical (unpaired) electrons. The Morgan fingerprint density at radius 3 is 2.61 bits per heavy atom. The molecular weight excluding hydrogens is 472 g/mol. The lowest BCUT2D eigenvalue weighted by molar-refractivity contribution is -0.149. The Bertz CT molecular complexity index is 825. The number of hydrogen-bond acceptors (Lipinski definition) is 5. The molecule has 0 bridgehead atoms. The van der Waals surface area contributed by atoms with E-state index in [1.165, 1.54) is 0 Å². The van der Waals surface area contributed by atoms with Crippen molar-refractivity contribution in [1.29, 1.82) is 0 Å². The Morgan fingerprint density at radius 2 is 2.03 bits per heavy atom. The quantitative estimate of drug-likeness (QED) is 0.608. The summed E-state index contributed by atoms with van der Waals surface area (Å²) in [7, 11) is 1.56. The first-order valence-electron chi connectivity index (χ1n) is 10.9. The molecule has 31 heavy (non-hydrogen) atoms. The summed E-state index contributed by atoms with van der Waals surface area (Å²) in [6, 6.07) is 2.00. The maximum atomic E-state index is 13.3. The van der Waals surface area contributed by atoms with Crippen LogP contribution in [0, 0.1) is 5.41 Å². The van der Waals surface area contributed by atoms with Gasteiger partial charge in [-0.2, -0.15) is 0 Å². The van der Waals surface area contributed by atoms with Crippen molar-refractivity contribution in [1.82, 2.24) is 4.90 Å². The van der Waals surface area contributed by atoms with Crippen molar-refractivity contribution >= 4 is 15.9 Å². The smallest absolute Gasteiger partial charge is 0.247 e. The van der Waals surface area contributed by atoms with Gasteiger partial charge in [-0.05, 0) is 79.6 Å². The van der Waals surface area contributed by atoms with Crippen LogP contribution in [-0.2, 0) is 11.2 Å². The van der Waals surface area contributed by atoms with Crippen LogP contribution in [0.4, 0.5) is 8.78 Å². The van der Waals surface area contributed by atoms with E-state index in [4.69, 9.17) is 14.2 Å². The largest absolute Gasteiger partial charge is 0.493 e. The summed E-state index contributed by atoms with van der Waals surface area (Å²) >= 11 is 3.67. The molecule has 8 heteroatoms. The minimum Gasteiger partial charge on any atom is -0.493 e. The van der Waals surface area contributed by atoms with Crippen molar-refractivity contribution < 1.29 is 28.1 Å². The van der Waals surface area contributed by atoms with Gasteiger partial charge in [-0.15, -0.1) is 0 Å². The number of rotatable bonds is 6. The van der Waals surface area contributed by atoms with Crippen LogP contribution >= 0.6 is 15.9 Å². The molecule has 0 amide bonds. The van der Waals surface area contributed by atoms with Gasteiger partial charge < -0.3 is 19.3 Å². The van der Waals surface area contributed by atoms with E-state index in [-0.39, 0.29) is 24.4 Å². The predicted molar refractivity (Wildman–Crippen MR) is 117 cm³/mol. The summed E-state index contributed by atoms with van der Waals surface area (Å²) in [5.74, 6) is 1.02. The lowest BCUT2D eigenvalue weighted by Gasteiger charge is -2.47. The Morgan fingerprint density at radius 1 is 1.32 bits per heavy atom. The molecule has 4 rings (SSSR count). The lowest BCUT2D eigenvalue weighted by atomic mass is 9.84. The van der Waals surface area contributed by atoms with E-state index in [0.29, 0.717) is 37.3 Å². The summed E-state index contributed by atoms with van der Waals surface area (Å²) in [4.78, 5) is 2.36. The molecule has 1 aromatic rings. The van der Waals surface area contributed by atoms with Gasteiger partial charge in [0.25, 0.3) is 0 Å². The Hall–Kier alpha value is -0.960. The van der Waals surface area contributed by atoms with Gasteiger partial charge in [-0.1, -0.05) is 0 Å². The maximum Gasteiger partial charge on any atom is 0.247 e. The number of aliphatic hydroxyl groups is 1. The fraction of sp³-hybridized carbons (Fsp3) is 0.739. The molecule has 0 unspecified atom stereocenters. The molecule has 3 atom stereocenters. The standard InChI is InChI=1S/C23H32BrF2NO4/c1-22(2,3)31-18-11-27-8-5-13-14(15(27)10-16(18)28)9-17(29-4)20(19(13)24)30-12-23(6-7-23)21(25)26/h9,15-16,18,21,28H,5-8,10-12H2,1-4H3/t15-,16-,18-/m1/s1. The van der Waals surface area contributed by atoms with E-state index in [9.17, 15) is 13.9 Å². The van der Waals surface area contributed by atoms with Gasteiger partial charge in [0.2, 0.25) is 6.43 Å². The van der Waals surface area contributed by atoms with E-state index in [0.717, 1.165) is 28.6 Å². The zero-order valence-electron chi connectivity index (χ0n) is 18.6. The monoisotopic (exact) mass is 503 g/mol. The molecule has 174 valence electrons. The number of piperidine rings is 1. The molecule has 2 aliphatic heterocycles. The summed E-state index contributed by atoms with van der Waals surface area (Å²) in [6.07, 6.45) is -0.827. The SMILES string of the molecule is COc1cc2c(c(Br)c1OCC1(C(F)F)CC1)CCN1C[C@@H](OC(C)(C)C)[C@H](O)C[C@H]21. The Labute approximate surface area is 191 Å². The van der Waals surface area contributed by atoms with Crippen molar-refractivity contribution in [3.63, 3.8) is 0 Å². The molecular formula is C23H32BrF2NO4. The van der Waals surface area contributed by atoms with Crippen molar-refractivity contribution in [2.45, 2.75) is 76.7 Å². The highest BCUT2D eigenvalue weighted by Gasteiger charge is 2.52. The second-order valence-electron chi connectivity index (χ2n) is 10.1. The second-order valence-corrected chi connectivity index (χ2v) is 10.9. The lowest BCUT2D eigenvalue weighted by Crippen LogP contribution is -2.53. The first-order chi connectivity index (χ1) is 14.5. The van der Waals surface area contributed by atoms with Crippen LogP contribution in [0.25, 0.3) is 0 Å². The number of aliphatic hydroxyl groups excluding tert-OH is 1. The summed E-state index contributed by atoms with van der Waals surface area (Å²) in [6.45, 7) is 7.48. The highest BCUT2D eigenvalue weighted by Crippen LogP contribution is 2.53. The van der Waals surface area contributed by atoms with Crippen molar-refractivity contribution in [3.05, 3.63) is 21.7 Å². The molecule has 1 aromatic carbocycles. The van der Waals surface area contributed by atoms with Crippen molar-refractivity contribution in [2.24, 2.45) is 5.41 Å². The van der Waals surface area contributed by atoms with Crippen LogP contribution < -0.4 is 9.47 Å². The number of nitrogens with zero attached hydrogens (tertiary/aromatic N) is 1. The molecule has 1 saturated carbocycles. The molecule has 2 heterocycles. The van der Waals surface area contributed by atoms with Gasteiger partial charge in [0.05, 0.1) is 41.4 Å². The molecule has 1 N–H and O–H groups in total. The average Bonchev–Trinajstić information content (AvgIpc) is 3.48. The van der Waals surface area contributed by atoms with E-state index in [2.05, 4.69) is 20.8 Å². The third-order valence-electron chi connectivity index (χ3n) is 6.66. The highest BCUT2D eigenvalue weighted by atomic mass is 79.9. The summed E-state index contributed by atoms with van der Waals surface area (Å²) in [5.41, 5.74) is 0.848. The van der Waals surface area contributed by atoms with Gasteiger partial charge in [0.1, 0.15) is 0 Å². The zero-order chi connectivity index (χ0) is 22.6. The number of alkyl halides is 2. The Kier molecular flexibility index (Phi) is 6.31. The molecule has 0 spiro atoms. The van der Waals surface area contributed by atoms with Gasteiger partial charge >= 0.3 is 0 Å². The molecule has 0 aromatic heterocycles. The molecule has 2 fully saturated rings. The topological polar surface area (TPSA) is 51.2 Å². The third kappa shape index (κ3) is 4.59. The van der Waals surface area contributed by atoms with Gasteiger partial charge in [-0.25, -0.2) is 8.78 Å². The molecule has 5 nitrogen and oxygen atoms in total. The number of hydrogen-bond donors (Lipinski definition) is 1. The zero-order valence-corrected chi connectivity index (χ0v) is 20.2. The van der Waals surface area contributed by atoms with Gasteiger partial charge in [-0.3, -0.25) is 4.90 Å². The van der Waals surface area contributed by atoms with Crippen LogP contribution in [0.2, 0.25) is 0 Å². The van der Waals surface area contributed by atoms with Crippen LogP contribution in [0.1, 0.15) is 57.2 Å². The number of fused-ring (bicyclic) bond motifs is 3. The number of ether oxygens (including phenoxy) is 3. The van der Waals surface area contributed by atoms with E-state index >= 15 is 0 Å². The first kappa shape index (κ1) is 23.2. The van der Waals surface area contributed by atoms with E-state index < -0.39 is 17.9 Å². The van der Waals surface area contributed by atoms with E-state index in [1.807, 2.05) is 26.8 Å². The van der Waals surface area contributed by atoms with Crippen LogP contribution in [0.15, 0.2) is 10.5 Å². The van der Waals surface area contributed by atoms with Crippen LogP contribution in [-0.4, -0.2) is 61.0 Å². The minimum absolute atomic E-state index is 0.0154. The molecule has 3 aliphatic rings. The van der Waals surface area contributed by atoms with E-state index in [1.54, 1.807) is 7.11 Å². The number of methoxy groups -OCH3 is 1. The van der Waals surface area contributed by atoms with Gasteiger partial charge in [0, 0.05) is 19.1 Å². The predicted octanol–water partition coefficient (Wildman–Crippen LogP) is 4.73. The maximum absolute atomic E-state index is 13.3. The average molecular weight is 504 g/mol. The number of halogens is 3. The third-order valence-corrected chi connectivity index (χ3v) is 7.50. The summed E-state index contributed by atoms with van der Waals surface area (Å²) in [5, 5.41) is 10.8.